The van der Waals surface area contributed by atoms with Gasteiger partial charge in [0.15, 0.2) is 5.75 Å². The van der Waals surface area contributed by atoms with Gasteiger partial charge in [-0.25, -0.2) is 8.78 Å². The van der Waals surface area contributed by atoms with Crippen molar-refractivity contribution in [2.75, 3.05) is 20.3 Å². The first-order chi connectivity index (χ1) is 9.70. The minimum Gasteiger partial charge on any atom is -0.493 e. The van der Waals surface area contributed by atoms with E-state index in [0.29, 0.717) is 0 Å². The van der Waals surface area contributed by atoms with Crippen LogP contribution in [0.25, 0.3) is 0 Å². The summed E-state index contributed by atoms with van der Waals surface area (Å²) in [5, 5.41) is 3.94. The highest BCUT2D eigenvalue weighted by Gasteiger charge is 2.41. The van der Waals surface area contributed by atoms with E-state index < -0.39 is 31.3 Å². The predicted molar refractivity (Wildman–Crippen MR) is 65.3 cm³/mol. The standard InChI is InChI=1S/C12H16F4N2O3/c1-7(2)18-10(9(20-3)4-17-18)8(19)5-21-6-12(15,16)11(13)14/h4,7,11H,5-6H2,1-3H3. The molecule has 1 rings (SSSR count). The van der Waals surface area contributed by atoms with Crippen molar-refractivity contribution in [2.24, 2.45) is 0 Å². The number of carbonyl (C=O) groups is 1. The largest absolute Gasteiger partial charge is 0.493 e. The monoisotopic (exact) mass is 312 g/mol. The summed E-state index contributed by atoms with van der Waals surface area (Å²) in [5.74, 6) is -4.80. The normalized spacial score (nSPS) is 12.2. The van der Waals surface area contributed by atoms with Gasteiger partial charge in [0, 0.05) is 6.04 Å². The second-order valence-electron chi connectivity index (χ2n) is 4.58. The highest BCUT2D eigenvalue weighted by Crippen LogP contribution is 2.24. The highest BCUT2D eigenvalue weighted by atomic mass is 19.3. The topological polar surface area (TPSA) is 53.4 Å². The minimum atomic E-state index is -4.29. The number of nitrogens with zero attached hydrogens (tertiary/aromatic N) is 2. The number of carbonyl (C=O) groups excluding carboxylic acids is 1. The van der Waals surface area contributed by atoms with Gasteiger partial charge in [0.25, 0.3) is 0 Å². The Morgan fingerprint density at radius 1 is 1.43 bits per heavy atom. The number of alkyl halides is 4. The van der Waals surface area contributed by atoms with Gasteiger partial charge in [-0.2, -0.15) is 13.9 Å². The van der Waals surface area contributed by atoms with Crippen LogP contribution in [0.5, 0.6) is 5.75 Å². The number of aromatic nitrogens is 2. The molecule has 1 aromatic heterocycles. The molecule has 0 saturated carbocycles. The van der Waals surface area contributed by atoms with E-state index in [9.17, 15) is 22.4 Å². The molecule has 0 fully saturated rings. The lowest BCUT2D eigenvalue weighted by Crippen LogP contribution is -2.33. The second kappa shape index (κ2) is 6.88. The third-order valence-corrected chi connectivity index (χ3v) is 2.58. The summed E-state index contributed by atoms with van der Waals surface area (Å²) in [6.45, 7) is 1.22. The van der Waals surface area contributed by atoms with E-state index in [1.165, 1.54) is 18.0 Å². The van der Waals surface area contributed by atoms with Crippen molar-refractivity contribution >= 4 is 5.78 Å². The van der Waals surface area contributed by atoms with Crippen LogP contribution >= 0.6 is 0 Å². The Bertz CT molecular complexity index is 489. The van der Waals surface area contributed by atoms with Crippen LogP contribution in [-0.2, 0) is 4.74 Å². The number of halogens is 4. The summed E-state index contributed by atoms with van der Waals surface area (Å²) in [7, 11) is 1.32. The lowest BCUT2D eigenvalue weighted by molar-refractivity contribution is -0.163. The number of hydrogen-bond donors (Lipinski definition) is 0. The van der Waals surface area contributed by atoms with Gasteiger partial charge in [-0.15, -0.1) is 0 Å². The van der Waals surface area contributed by atoms with Crippen LogP contribution in [0.1, 0.15) is 30.4 Å². The van der Waals surface area contributed by atoms with Gasteiger partial charge in [0.1, 0.15) is 18.9 Å². The molecule has 21 heavy (non-hydrogen) atoms. The second-order valence-corrected chi connectivity index (χ2v) is 4.58. The van der Waals surface area contributed by atoms with E-state index >= 15 is 0 Å². The molecule has 0 radical (unpaired) electrons. The maximum atomic E-state index is 12.7. The smallest absolute Gasteiger partial charge is 0.330 e. The Balaban J connectivity index is 2.74. The summed E-state index contributed by atoms with van der Waals surface area (Å²) >= 11 is 0. The molecule has 0 bridgehead atoms. The van der Waals surface area contributed by atoms with Crippen LogP contribution in [0.15, 0.2) is 6.20 Å². The number of ketones is 1. The Morgan fingerprint density at radius 2 is 2.05 bits per heavy atom. The summed E-state index contributed by atoms with van der Waals surface area (Å²) in [5.41, 5.74) is 0.0489. The molecule has 0 N–H and O–H groups in total. The van der Waals surface area contributed by atoms with Crippen molar-refractivity contribution in [1.82, 2.24) is 9.78 Å². The zero-order chi connectivity index (χ0) is 16.2. The van der Waals surface area contributed by atoms with Gasteiger partial charge in [-0.3, -0.25) is 9.48 Å². The first kappa shape index (κ1) is 17.4. The zero-order valence-corrected chi connectivity index (χ0v) is 11.8. The van der Waals surface area contributed by atoms with Crippen LogP contribution in [-0.4, -0.2) is 48.2 Å². The van der Waals surface area contributed by atoms with Crippen molar-refractivity contribution in [2.45, 2.75) is 32.2 Å². The molecule has 0 saturated heterocycles. The van der Waals surface area contributed by atoms with Gasteiger partial charge in [-0.05, 0) is 13.8 Å². The highest BCUT2D eigenvalue weighted by molar-refractivity contribution is 5.98. The van der Waals surface area contributed by atoms with Crippen molar-refractivity contribution in [1.29, 1.82) is 0 Å². The number of Topliss-reactive ketones (excluding diaryl/α,β-unsaturated/α-hetero) is 1. The SMILES string of the molecule is COc1cnn(C(C)C)c1C(=O)COCC(F)(F)C(F)F. The van der Waals surface area contributed by atoms with Crippen LogP contribution < -0.4 is 4.74 Å². The molecule has 1 heterocycles. The zero-order valence-electron chi connectivity index (χ0n) is 11.8. The van der Waals surface area contributed by atoms with Crippen LogP contribution in [0.3, 0.4) is 0 Å². The van der Waals surface area contributed by atoms with E-state index in [1.807, 2.05) is 0 Å². The van der Waals surface area contributed by atoms with Gasteiger partial charge < -0.3 is 9.47 Å². The number of hydrogen-bond acceptors (Lipinski definition) is 4. The van der Waals surface area contributed by atoms with Gasteiger partial charge in [0.05, 0.1) is 13.3 Å². The third kappa shape index (κ3) is 4.16. The molecule has 9 heteroatoms. The van der Waals surface area contributed by atoms with Gasteiger partial charge in [0.2, 0.25) is 5.78 Å². The van der Waals surface area contributed by atoms with Crippen LogP contribution in [0.2, 0.25) is 0 Å². The first-order valence-electron chi connectivity index (χ1n) is 6.09. The quantitative estimate of drug-likeness (QED) is 0.547. The van der Waals surface area contributed by atoms with Crippen LogP contribution in [0.4, 0.5) is 17.6 Å². The lowest BCUT2D eigenvalue weighted by Gasteiger charge is -2.15. The molecular formula is C12H16F4N2O3. The molecular weight excluding hydrogens is 296 g/mol. The Kier molecular flexibility index (Phi) is 5.70. The molecule has 120 valence electrons. The average molecular weight is 312 g/mol. The molecule has 5 nitrogen and oxygen atoms in total. The minimum absolute atomic E-state index is 0.0489. The summed E-state index contributed by atoms with van der Waals surface area (Å²) in [6.07, 6.45) is -2.54. The van der Waals surface area contributed by atoms with Gasteiger partial charge >= 0.3 is 12.3 Å². The Hall–Kier alpha value is -1.64. The van der Waals surface area contributed by atoms with E-state index in [1.54, 1.807) is 13.8 Å². The summed E-state index contributed by atoms with van der Waals surface area (Å²) in [6, 6.07) is -0.171. The van der Waals surface area contributed by atoms with Crippen LogP contribution in [0, 0.1) is 0 Å². The van der Waals surface area contributed by atoms with Gasteiger partial charge in [-0.1, -0.05) is 0 Å². The molecule has 0 amide bonds. The van der Waals surface area contributed by atoms with Crippen molar-refractivity contribution < 1.29 is 31.8 Å². The first-order valence-corrected chi connectivity index (χ1v) is 6.09. The van der Waals surface area contributed by atoms with E-state index in [-0.39, 0.29) is 17.5 Å². The van der Waals surface area contributed by atoms with Crippen molar-refractivity contribution in [3.63, 3.8) is 0 Å². The fraction of sp³-hybridized carbons (Fsp3) is 0.667. The molecule has 0 spiro atoms. The van der Waals surface area contributed by atoms with Crippen molar-refractivity contribution in [3.8, 4) is 5.75 Å². The Morgan fingerprint density at radius 3 is 2.52 bits per heavy atom. The van der Waals surface area contributed by atoms with E-state index in [0.717, 1.165) is 0 Å². The molecule has 0 atom stereocenters. The summed E-state index contributed by atoms with van der Waals surface area (Å²) < 4.78 is 59.9. The molecule has 0 aliphatic heterocycles. The molecule has 0 unspecified atom stereocenters. The molecule has 1 aromatic rings. The lowest BCUT2D eigenvalue weighted by atomic mass is 10.2. The molecule has 0 aliphatic carbocycles. The fourth-order valence-electron chi connectivity index (χ4n) is 1.56. The predicted octanol–water partition coefficient (Wildman–Crippen LogP) is 2.57. The average Bonchev–Trinajstić information content (AvgIpc) is 2.81. The summed E-state index contributed by atoms with van der Waals surface area (Å²) in [4.78, 5) is 12.0. The number of methoxy groups -OCH3 is 1. The Labute approximate surface area is 118 Å². The third-order valence-electron chi connectivity index (χ3n) is 2.58. The van der Waals surface area contributed by atoms with E-state index in [4.69, 9.17) is 4.74 Å². The maximum absolute atomic E-state index is 12.7. The van der Waals surface area contributed by atoms with Crippen molar-refractivity contribution in [3.05, 3.63) is 11.9 Å². The number of ether oxygens (including phenoxy) is 2. The maximum Gasteiger partial charge on any atom is 0.330 e. The molecule has 0 aliphatic rings. The van der Waals surface area contributed by atoms with E-state index in [2.05, 4.69) is 9.84 Å². The number of rotatable bonds is 8. The fourth-order valence-corrected chi connectivity index (χ4v) is 1.56. The molecule has 0 aromatic carbocycles.